The second kappa shape index (κ2) is 8.21. The molecule has 2 heterocycles. The largest absolute Gasteiger partial charge is 0.481 e. The number of ether oxygens (including phenoxy) is 1. The van der Waals surface area contributed by atoms with E-state index in [-0.39, 0.29) is 30.4 Å². The Balaban J connectivity index is 1.54. The van der Waals surface area contributed by atoms with E-state index in [2.05, 4.69) is 20.5 Å². The fourth-order valence-corrected chi connectivity index (χ4v) is 2.25. The normalized spacial score (nSPS) is 11.8. The predicted molar refractivity (Wildman–Crippen MR) is 92.9 cm³/mol. The third-order valence-corrected chi connectivity index (χ3v) is 3.62. The number of carbonyl (C=O) groups is 1. The highest BCUT2D eigenvalue weighted by Gasteiger charge is 2.14. The molecule has 1 unspecified atom stereocenters. The number of amides is 1. The van der Waals surface area contributed by atoms with Gasteiger partial charge in [0.05, 0.1) is 6.54 Å². The molecule has 2 aromatic heterocycles. The minimum absolute atomic E-state index is 0.177. The quantitative estimate of drug-likeness (QED) is 0.649. The van der Waals surface area contributed by atoms with Crippen LogP contribution in [0.4, 0.5) is 4.39 Å². The Morgan fingerprint density at radius 3 is 2.74 bits per heavy atom. The van der Waals surface area contributed by atoms with E-state index < -0.39 is 6.10 Å². The molecule has 1 aromatic carbocycles. The molecule has 10 heteroatoms. The van der Waals surface area contributed by atoms with E-state index in [0.717, 1.165) is 0 Å². The molecule has 140 valence electrons. The molecule has 0 saturated carbocycles. The summed E-state index contributed by atoms with van der Waals surface area (Å²) in [7, 11) is 0. The maximum absolute atomic E-state index is 12.9. The highest BCUT2D eigenvalue weighted by atomic mass is 19.1. The van der Waals surface area contributed by atoms with Gasteiger partial charge >= 0.3 is 0 Å². The van der Waals surface area contributed by atoms with Crippen LogP contribution in [0.5, 0.6) is 5.75 Å². The molecular formula is C17H17FN6O3. The van der Waals surface area contributed by atoms with E-state index in [0.29, 0.717) is 11.6 Å². The van der Waals surface area contributed by atoms with Crippen LogP contribution in [0.25, 0.3) is 5.82 Å². The summed E-state index contributed by atoms with van der Waals surface area (Å²) in [6.07, 6.45) is 2.05. The highest BCUT2D eigenvalue weighted by molar-refractivity contribution is 5.80. The van der Waals surface area contributed by atoms with Crippen LogP contribution in [0.15, 0.2) is 53.8 Å². The number of aromatic nitrogens is 5. The predicted octanol–water partition coefficient (Wildman–Crippen LogP) is 0.547. The Labute approximate surface area is 153 Å². The maximum atomic E-state index is 12.9. The molecular weight excluding hydrogens is 355 g/mol. The minimum atomic E-state index is -0.776. The summed E-state index contributed by atoms with van der Waals surface area (Å²) in [5.41, 5.74) is -0.302. The highest BCUT2D eigenvalue weighted by Crippen LogP contribution is 2.12. The standard InChI is InChI=1S/C17H17FN6O3/c1-12(27-14-4-2-13(18)3-5-14)17(26)20-8-9-23-16(25)7-6-15(22-23)24-11-19-10-21-24/h2-7,10-12H,8-9H2,1H3,(H,20,26). The van der Waals surface area contributed by atoms with Crippen molar-refractivity contribution in [3.63, 3.8) is 0 Å². The Morgan fingerprint density at radius 2 is 2.04 bits per heavy atom. The Kier molecular flexibility index (Phi) is 5.55. The van der Waals surface area contributed by atoms with Gasteiger partial charge in [0.25, 0.3) is 11.5 Å². The lowest BCUT2D eigenvalue weighted by atomic mass is 10.3. The van der Waals surface area contributed by atoms with Crippen molar-refractivity contribution >= 4 is 5.91 Å². The number of benzene rings is 1. The van der Waals surface area contributed by atoms with Gasteiger partial charge in [0.15, 0.2) is 11.9 Å². The lowest BCUT2D eigenvalue weighted by molar-refractivity contribution is -0.127. The molecule has 3 aromatic rings. The molecule has 0 bridgehead atoms. The smallest absolute Gasteiger partial charge is 0.266 e. The fourth-order valence-electron chi connectivity index (χ4n) is 2.25. The van der Waals surface area contributed by atoms with Crippen molar-refractivity contribution in [2.24, 2.45) is 0 Å². The summed E-state index contributed by atoms with van der Waals surface area (Å²) < 4.78 is 21.0. The Bertz CT molecular complexity index is 956. The molecule has 3 rings (SSSR count). The molecule has 0 aliphatic carbocycles. The SMILES string of the molecule is CC(Oc1ccc(F)cc1)C(=O)NCCn1nc(-n2cncn2)ccc1=O. The number of nitrogens with one attached hydrogen (secondary N) is 1. The van der Waals surface area contributed by atoms with E-state index in [4.69, 9.17) is 4.74 Å². The number of hydrogen-bond acceptors (Lipinski definition) is 6. The van der Waals surface area contributed by atoms with Crippen LogP contribution in [0, 0.1) is 5.82 Å². The zero-order chi connectivity index (χ0) is 19.2. The number of nitrogens with zero attached hydrogens (tertiary/aromatic N) is 5. The van der Waals surface area contributed by atoms with Gasteiger partial charge in [-0.3, -0.25) is 9.59 Å². The second-order valence-electron chi connectivity index (χ2n) is 5.60. The van der Waals surface area contributed by atoms with E-state index in [1.165, 1.54) is 58.4 Å². The summed E-state index contributed by atoms with van der Waals surface area (Å²) in [4.78, 5) is 27.8. The minimum Gasteiger partial charge on any atom is -0.481 e. The molecule has 1 amide bonds. The van der Waals surface area contributed by atoms with Crippen LogP contribution < -0.4 is 15.6 Å². The first-order valence-electron chi connectivity index (χ1n) is 8.16. The van der Waals surface area contributed by atoms with Gasteiger partial charge < -0.3 is 10.1 Å². The van der Waals surface area contributed by atoms with Crippen molar-refractivity contribution in [2.45, 2.75) is 19.6 Å². The van der Waals surface area contributed by atoms with Gasteiger partial charge in [-0.05, 0) is 37.3 Å². The van der Waals surface area contributed by atoms with E-state index in [1.54, 1.807) is 6.92 Å². The van der Waals surface area contributed by atoms with Gasteiger partial charge in [-0.15, -0.1) is 5.10 Å². The molecule has 9 nitrogen and oxygen atoms in total. The van der Waals surface area contributed by atoms with Crippen molar-refractivity contribution in [1.29, 1.82) is 0 Å². The Hall–Kier alpha value is -3.56. The van der Waals surface area contributed by atoms with Gasteiger partial charge in [0.2, 0.25) is 0 Å². The first-order valence-corrected chi connectivity index (χ1v) is 8.16. The van der Waals surface area contributed by atoms with Crippen molar-refractivity contribution in [2.75, 3.05) is 6.54 Å². The lowest BCUT2D eigenvalue weighted by Gasteiger charge is -2.15. The third-order valence-electron chi connectivity index (χ3n) is 3.62. The summed E-state index contributed by atoms with van der Waals surface area (Å²) in [6, 6.07) is 8.29. The number of carbonyl (C=O) groups excluding carboxylic acids is 1. The second-order valence-corrected chi connectivity index (χ2v) is 5.60. The number of hydrogen-bond donors (Lipinski definition) is 1. The molecule has 0 radical (unpaired) electrons. The molecule has 0 aliphatic rings. The topological polar surface area (TPSA) is 104 Å². The third kappa shape index (κ3) is 4.75. The van der Waals surface area contributed by atoms with Gasteiger partial charge in [-0.1, -0.05) is 0 Å². The van der Waals surface area contributed by atoms with E-state index >= 15 is 0 Å². The first-order chi connectivity index (χ1) is 13.0. The van der Waals surface area contributed by atoms with Crippen molar-refractivity contribution in [1.82, 2.24) is 29.9 Å². The van der Waals surface area contributed by atoms with Gasteiger partial charge in [-0.2, -0.15) is 5.10 Å². The van der Waals surface area contributed by atoms with Crippen LogP contribution in [0.1, 0.15) is 6.92 Å². The molecule has 0 fully saturated rings. The van der Waals surface area contributed by atoms with E-state index in [1.807, 2.05) is 0 Å². The van der Waals surface area contributed by atoms with Crippen molar-refractivity contribution < 1.29 is 13.9 Å². The average molecular weight is 372 g/mol. The zero-order valence-corrected chi connectivity index (χ0v) is 14.4. The molecule has 0 spiro atoms. The van der Waals surface area contributed by atoms with Crippen LogP contribution in [-0.4, -0.2) is 43.1 Å². The maximum Gasteiger partial charge on any atom is 0.266 e. The van der Waals surface area contributed by atoms with Crippen LogP contribution >= 0.6 is 0 Å². The summed E-state index contributed by atoms with van der Waals surface area (Å²) in [6.45, 7) is 1.94. The van der Waals surface area contributed by atoms with Crippen LogP contribution in [-0.2, 0) is 11.3 Å². The van der Waals surface area contributed by atoms with Crippen molar-refractivity contribution in [3.05, 3.63) is 65.2 Å². The molecule has 27 heavy (non-hydrogen) atoms. The van der Waals surface area contributed by atoms with E-state index in [9.17, 15) is 14.0 Å². The van der Waals surface area contributed by atoms with Gasteiger partial charge in [-0.25, -0.2) is 18.7 Å². The van der Waals surface area contributed by atoms with Gasteiger partial charge in [0, 0.05) is 12.6 Å². The van der Waals surface area contributed by atoms with Crippen LogP contribution in [0.2, 0.25) is 0 Å². The van der Waals surface area contributed by atoms with Gasteiger partial charge in [0.1, 0.15) is 24.2 Å². The summed E-state index contributed by atoms with van der Waals surface area (Å²) in [5, 5.41) is 10.8. The fraction of sp³-hybridized carbons (Fsp3) is 0.235. The Morgan fingerprint density at radius 1 is 1.26 bits per heavy atom. The van der Waals surface area contributed by atoms with Crippen molar-refractivity contribution in [3.8, 4) is 11.6 Å². The molecule has 0 saturated heterocycles. The molecule has 1 N–H and O–H groups in total. The molecule has 1 atom stereocenters. The summed E-state index contributed by atoms with van der Waals surface area (Å²) >= 11 is 0. The first kappa shape index (κ1) is 18.2. The average Bonchev–Trinajstić information content (AvgIpc) is 3.19. The number of rotatable bonds is 7. The zero-order valence-electron chi connectivity index (χ0n) is 14.4. The summed E-state index contributed by atoms with van der Waals surface area (Å²) in [5.74, 6) is 0.0780. The molecule has 0 aliphatic heterocycles. The number of halogens is 1. The monoisotopic (exact) mass is 372 g/mol. The lowest BCUT2D eigenvalue weighted by Crippen LogP contribution is -2.39. The van der Waals surface area contributed by atoms with Crippen LogP contribution in [0.3, 0.4) is 0 Å².